The van der Waals surface area contributed by atoms with Crippen molar-refractivity contribution in [3.8, 4) is 6.07 Å². The van der Waals surface area contributed by atoms with Crippen LogP contribution in [0.15, 0.2) is 35.5 Å². The van der Waals surface area contributed by atoms with Gasteiger partial charge in [0, 0.05) is 5.69 Å². The summed E-state index contributed by atoms with van der Waals surface area (Å²) in [5.74, 6) is -1.34. The van der Waals surface area contributed by atoms with Crippen LogP contribution in [0.3, 0.4) is 0 Å². The summed E-state index contributed by atoms with van der Waals surface area (Å²) in [7, 11) is 2.45. The van der Waals surface area contributed by atoms with E-state index < -0.39 is 11.9 Å². The molecule has 0 aliphatic carbocycles. The van der Waals surface area contributed by atoms with Crippen molar-refractivity contribution in [1.29, 1.82) is 5.26 Å². The van der Waals surface area contributed by atoms with E-state index in [1.807, 2.05) is 6.07 Å². The van der Waals surface area contributed by atoms with Gasteiger partial charge in [-0.2, -0.15) is 5.26 Å². The Balaban J connectivity index is 2.55. The number of hydrogen-bond donors (Lipinski definition) is 0. The second-order valence-electron chi connectivity index (χ2n) is 4.38. The zero-order valence-electron chi connectivity index (χ0n) is 12.2. The third-order valence-corrected chi connectivity index (χ3v) is 3.12. The van der Waals surface area contributed by atoms with Crippen molar-refractivity contribution in [3.63, 3.8) is 0 Å². The summed E-state index contributed by atoms with van der Waals surface area (Å²) in [6.45, 7) is 0.00531. The fraction of sp³-hybridized carbons (Fsp3) is 0.267. The highest BCUT2D eigenvalue weighted by atomic mass is 16.5. The van der Waals surface area contributed by atoms with Crippen LogP contribution in [0.25, 0.3) is 0 Å². The molecular weight excluding hydrogens is 288 g/mol. The van der Waals surface area contributed by atoms with Crippen molar-refractivity contribution in [1.82, 2.24) is 0 Å². The van der Waals surface area contributed by atoms with Crippen molar-refractivity contribution in [2.24, 2.45) is 0 Å². The minimum Gasteiger partial charge on any atom is -0.466 e. The minimum atomic E-state index is -0.675. The van der Waals surface area contributed by atoms with Gasteiger partial charge >= 0.3 is 11.9 Å². The molecule has 0 fully saturated rings. The molecule has 0 radical (unpaired) electrons. The molecule has 0 unspecified atom stereocenters. The Morgan fingerprint density at radius 1 is 1.27 bits per heavy atom. The highest BCUT2D eigenvalue weighted by molar-refractivity contribution is 6.03. The first-order valence-electron chi connectivity index (χ1n) is 6.37. The first kappa shape index (κ1) is 15.5. The van der Waals surface area contributed by atoms with E-state index in [1.165, 1.54) is 19.1 Å². The molecule has 7 nitrogen and oxygen atoms in total. The van der Waals surface area contributed by atoms with Crippen LogP contribution >= 0.6 is 0 Å². The lowest BCUT2D eigenvalue weighted by Gasteiger charge is -2.31. The van der Waals surface area contributed by atoms with E-state index in [9.17, 15) is 9.59 Å². The molecule has 0 spiro atoms. The van der Waals surface area contributed by atoms with E-state index in [-0.39, 0.29) is 24.6 Å². The number of ether oxygens (including phenoxy) is 3. The molecule has 0 amide bonds. The molecule has 0 bridgehead atoms. The lowest BCUT2D eigenvalue weighted by Crippen LogP contribution is -2.38. The van der Waals surface area contributed by atoms with Gasteiger partial charge in [-0.05, 0) is 18.2 Å². The molecule has 0 N–H and O–H groups in total. The Morgan fingerprint density at radius 3 is 2.64 bits per heavy atom. The zero-order chi connectivity index (χ0) is 16.1. The van der Waals surface area contributed by atoms with E-state index in [2.05, 4.69) is 4.74 Å². The minimum absolute atomic E-state index is 0.0501. The van der Waals surface area contributed by atoms with Crippen LogP contribution in [0.1, 0.15) is 5.56 Å². The number of carbonyl (C=O) groups excluding carboxylic acids is 2. The van der Waals surface area contributed by atoms with Gasteiger partial charge in [0.25, 0.3) is 0 Å². The van der Waals surface area contributed by atoms with Crippen LogP contribution < -0.4 is 4.90 Å². The van der Waals surface area contributed by atoms with Crippen LogP contribution in [0.4, 0.5) is 5.69 Å². The van der Waals surface area contributed by atoms with Crippen molar-refractivity contribution in [2.75, 3.05) is 32.5 Å². The fourth-order valence-corrected chi connectivity index (χ4v) is 2.09. The monoisotopic (exact) mass is 302 g/mol. The molecule has 22 heavy (non-hydrogen) atoms. The van der Waals surface area contributed by atoms with E-state index in [1.54, 1.807) is 24.3 Å². The normalized spacial score (nSPS) is 14.3. The summed E-state index contributed by atoms with van der Waals surface area (Å²) in [4.78, 5) is 25.4. The topological polar surface area (TPSA) is 88.9 Å². The molecule has 1 aliphatic heterocycles. The van der Waals surface area contributed by atoms with Crippen LogP contribution in [0, 0.1) is 11.3 Å². The van der Waals surface area contributed by atoms with Gasteiger partial charge in [0.2, 0.25) is 0 Å². The van der Waals surface area contributed by atoms with E-state index >= 15 is 0 Å². The Morgan fingerprint density at radius 2 is 2.00 bits per heavy atom. The largest absolute Gasteiger partial charge is 0.466 e. The van der Waals surface area contributed by atoms with Gasteiger partial charge in [-0.25, -0.2) is 9.59 Å². The highest BCUT2D eigenvalue weighted by Crippen LogP contribution is 2.27. The van der Waals surface area contributed by atoms with Crippen molar-refractivity contribution < 1.29 is 23.8 Å². The molecular formula is C15H14N2O5. The number of nitriles is 1. The van der Waals surface area contributed by atoms with Gasteiger partial charge < -0.3 is 19.1 Å². The van der Waals surface area contributed by atoms with Gasteiger partial charge in [-0.3, -0.25) is 0 Å². The molecule has 1 aromatic rings. The van der Waals surface area contributed by atoms with Crippen molar-refractivity contribution >= 4 is 17.6 Å². The number of methoxy groups -OCH3 is 2. The summed E-state index contributed by atoms with van der Waals surface area (Å²) in [6, 6.07) is 8.62. The summed E-state index contributed by atoms with van der Waals surface area (Å²) >= 11 is 0. The lowest BCUT2D eigenvalue weighted by molar-refractivity contribution is -0.140. The molecule has 1 aromatic carbocycles. The average molecular weight is 302 g/mol. The maximum atomic E-state index is 12.1. The summed E-state index contributed by atoms with van der Waals surface area (Å²) in [6.07, 6.45) is 0. The van der Waals surface area contributed by atoms with Gasteiger partial charge in [0.1, 0.15) is 12.4 Å². The maximum Gasteiger partial charge on any atom is 0.355 e. The molecule has 114 valence electrons. The summed E-state index contributed by atoms with van der Waals surface area (Å²) < 4.78 is 14.8. The third kappa shape index (κ3) is 2.92. The molecule has 1 aliphatic rings. The lowest BCUT2D eigenvalue weighted by atomic mass is 10.1. The van der Waals surface area contributed by atoms with E-state index in [4.69, 9.17) is 14.7 Å². The first-order chi connectivity index (χ1) is 10.6. The number of hydrogen-bond acceptors (Lipinski definition) is 7. The summed E-state index contributed by atoms with van der Waals surface area (Å²) in [5.41, 5.74) is 1.09. The Kier molecular flexibility index (Phi) is 4.76. The molecule has 0 saturated heterocycles. The third-order valence-electron chi connectivity index (χ3n) is 3.12. The first-order valence-corrected chi connectivity index (χ1v) is 6.37. The predicted molar refractivity (Wildman–Crippen MR) is 75.5 cm³/mol. The average Bonchev–Trinajstić information content (AvgIpc) is 2.59. The second kappa shape index (κ2) is 6.74. The highest BCUT2D eigenvalue weighted by Gasteiger charge is 2.32. The summed E-state index contributed by atoms with van der Waals surface area (Å²) in [5, 5.41) is 8.98. The number of carbonyl (C=O) groups is 2. The van der Waals surface area contributed by atoms with Gasteiger partial charge in [0.15, 0.2) is 0 Å². The van der Waals surface area contributed by atoms with Gasteiger partial charge in [-0.15, -0.1) is 0 Å². The molecule has 0 atom stereocenters. The van der Waals surface area contributed by atoms with Crippen molar-refractivity contribution in [3.05, 3.63) is 41.1 Å². The SMILES string of the molecule is COC(=O)C1=C(C(=O)OC)N(c2cccc(C#N)c2)COC1. The second-order valence-corrected chi connectivity index (χ2v) is 4.38. The number of benzene rings is 1. The Bertz CT molecular complexity index is 675. The van der Waals surface area contributed by atoms with Crippen molar-refractivity contribution in [2.45, 2.75) is 0 Å². The van der Waals surface area contributed by atoms with Gasteiger partial charge in [0.05, 0.1) is 38.0 Å². The fourth-order valence-electron chi connectivity index (χ4n) is 2.09. The Labute approximate surface area is 127 Å². The number of nitrogens with zero attached hydrogens (tertiary/aromatic N) is 2. The van der Waals surface area contributed by atoms with Crippen LogP contribution in [-0.4, -0.2) is 39.5 Å². The smallest absolute Gasteiger partial charge is 0.355 e. The predicted octanol–water partition coefficient (Wildman–Crippen LogP) is 0.952. The quantitative estimate of drug-likeness (QED) is 0.768. The maximum absolute atomic E-state index is 12.1. The molecule has 0 saturated carbocycles. The van der Waals surface area contributed by atoms with Crippen LogP contribution in [-0.2, 0) is 23.8 Å². The zero-order valence-corrected chi connectivity index (χ0v) is 12.2. The Hall–Kier alpha value is -2.85. The number of esters is 2. The molecule has 2 rings (SSSR count). The molecule has 0 aromatic heterocycles. The van der Waals surface area contributed by atoms with E-state index in [0.29, 0.717) is 11.3 Å². The molecule has 1 heterocycles. The van der Waals surface area contributed by atoms with E-state index in [0.717, 1.165) is 0 Å². The number of rotatable bonds is 3. The standard InChI is InChI=1S/C15H14N2O5/c1-20-14(18)12-8-22-9-17(13(12)15(19)21-2)11-5-3-4-10(6-11)7-16/h3-6H,8-9H2,1-2H3. The van der Waals surface area contributed by atoms with Crippen LogP contribution in [0.5, 0.6) is 0 Å². The molecule has 7 heteroatoms. The van der Waals surface area contributed by atoms with Gasteiger partial charge in [-0.1, -0.05) is 6.07 Å². The number of anilines is 1. The van der Waals surface area contributed by atoms with Crippen LogP contribution in [0.2, 0.25) is 0 Å².